The van der Waals surface area contributed by atoms with Crippen LogP contribution in [0.5, 0.6) is 0 Å². The molecule has 2 aliphatic rings. The number of carbonyl (C=O) groups is 2. The van der Waals surface area contributed by atoms with Gasteiger partial charge in [-0.05, 0) is 25.3 Å². The van der Waals surface area contributed by atoms with Crippen molar-refractivity contribution < 1.29 is 14.0 Å². The van der Waals surface area contributed by atoms with Crippen LogP contribution in [0.25, 0.3) is 0 Å². The van der Waals surface area contributed by atoms with Gasteiger partial charge in [0.2, 0.25) is 0 Å². The minimum absolute atomic E-state index is 0.122. The van der Waals surface area contributed by atoms with Gasteiger partial charge in [-0.15, -0.1) is 0 Å². The summed E-state index contributed by atoms with van der Waals surface area (Å²) in [5.41, 5.74) is 1.66. The number of anilines is 1. The molecule has 5 nitrogen and oxygen atoms in total. The number of aldehydes is 1. The summed E-state index contributed by atoms with van der Waals surface area (Å²) >= 11 is 6.02. The van der Waals surface area contributed by atoms with E-state index in [1.807, 2.05) is 4.57 Å². The number of rotatable bonds is 2. The van der Waals surface area contributed by atoms with E-state index in [0.29, 0.717) is 31.4 Å². The Hall–Kier alpha value is -2.21. The first-order valence-electron chi connectivity index (χ1n) is 7.94. The first-order valence-corrected chi connectivity index (χ1v) is 8.32. The molecule has 24 heavy (non-hydrogen) atoms. The van der Waals surface area contributed by atoms with Crippen molar-refractivity contribution in [3.05, 3.63) is 45.6 Å². The summed E-state index contributed by atoms with van der Waals surface area (Å²) in [5, 5.41) is 0.227. The van der Waals surface area contributed by atoms with E-state index in [9.17, 15) is 14.0 Å². The maximum absolute atomic E-state index is 14.8. The summed E-state index contributed by atoms with van der Waals surface area (Å²) in [6.45, 7) is 1.10. The number of nitrogens with zero attached hydrogens (tertiary/aromatic N) is 3. The van der Waals surface area contributed by atoms with E-state index >= 15 is 0 Å². The largest absolute Gasteiger partial charge is 0.345 e. The molecular weight excluding hydrogens is 333 g/mol. The Morgan fingerprint density at radius 2 is 2.04 bits per heavy atom. The van der Waals surface area contributed by atoms with E-state index in [0.717, 1.165) is 25.1 Å². The topological polar surface area (TPSA) is 55.2 Å². The van der Waals surface area contributed by atoms with Crippen LogP contribution in [0.15, 0.2) is 12.3 Å². The van der Waals surface area contributed by atoms with Crippen LogP contribution in [0.1, 0.15) is 44.9 Å². The SMILES string of the molecule is O=Cc1c(Cl)ccnc1N1CCc2c(c(F)c3n2CCCC3)C1=O. The second-order valence-electron chi connectivity index (χ2n) is 6.05. The molecule has 4 heterocycles. The monoisotopic (exact) mass is 347 g/mol. The minimum Gasteiger partial charge on any atom is -0.345 e. The van der Waals surface area contributed by atoms with Crippen molar-refractivity contribution in [2.24, 2.45) is 0 Å². The van der Waals surface area contributed by atoms with Gasteiger partial charge in [-0.2, -0.15) is 0 Å². The smallest absolute Gasteiger partial charge is 0.264 e. The summed E-state index contributed by atoms with van der Waals surface area (Å²) in [4.78, 5) is 29.7. The first kappa shape index (κ1) is 15.3. The Kier molecular flexibility index (Phi) is 3.64. The van der Waals surface area contributed by atoms with Crippen molar-refractivity contribution in [3.63, 3.8) is 0 Å². The Morgan fingerprint density at radius 3 is 2.83 bits per heavy atom. The van der Waals surface area contributed by atoms with Crippen LogP contribution < -0.4 is 4.90 Å². The van der Waals surface area contributed by atoms with Gasteiger partial charge >= 0.3 is 0 Å². The van der Waals surface area contributed by atoms with Crippen molar-refractivity contribution in [1.29, 1.82) is 0 Å². The summed E-state index contributed by atoms with van der Waals surface area (Å²) in [7, 11) is 0. The van der Waals surface area contributed by atoms with Crippen LogP contribution in [0, 0.1) is 5.82 Å². The zero-order chi connectivity index (χ0) is 16.8. The molecule has 0 spiro atoms. The number of hydrogen-bond donors (Lipinski definition) is 0. The third kappa shape index (κ3) is 2.09. The Labute approximate surface area is 143 Å². The van der Waals surface area contributed by atoms with Gasteiger partial charge in [-0.3, -0.25) is 14.5 Å². The highest BCUT2D eigenvalue weighted by Gasteiger charge is 2.36. The van der Waals surface area contributed by atoms with E-state index in [-0.39, 0.29) is 22.0 Å². The lowest BCUT2D eigenvalue weighted by atomic mass is 10.1. The van der Waals surface area contributed by atoms with Gasteiger partial charge in [0.05, 0.1) is 21.8 Å². The van der Waals surface area contributed by atoms with Crippen molar-refractivity contribution in [3.8, 4) is 0 Å². The Morgan fingerprint density at radius 1 is 1.21 bits per heavy atom. The van der Waals surface area contributed by atoms with Crippen LogP contribution in [0.3, 0.4) is 0 Å². The molecule has 0 saturated heterocycles. The van der Waals surface area contributed by atoms with Crippen LogP contribution in [-0.2, 0) is 19.4 Å². The number of hydrogen-bond acceptors (Lipinski definition) is 3. The fourth-order valence-corrected chi connectivity index (χ4v) is 3.85. The van der Waals surface area contributed by atoms with E-state index in [1.165, 1.54) is 17.2 Å². The first-order chi connectivity index (χ1) is 11.6. The van der Waals surface area contributed by atoms with Crippen LogP contribution in [0.2, 0.25) is 5.02 Å². The molecule has 0 aromatic carbocycles. The molecule has 0 aliphatic carbocycles. The lowest BCUT2D eigenvalue weighted by Crippen LogP contribution is -2.39. The zero-order valence-electron chi connectivity index (χ0n) is 12.9. The molecular formula is C17H15ClFN3O2. The molecule has 2 aromatic rings. The third-order valence-corrected chi connectivity index (χ3v) is 5.11. The molecule has 0 N–H and O–H groups in total. The highest BCUT2D eigenvalue weighted by molar-refractivity contribution is 6.33. The van der Waals surface area contributed by atoms with Crippen LogP contribution in [-0.4, -0.2) is 28.3 Å². The van der Waals surface area contributed by atoms with E-state index < -0.39 is 11.7 Å². The second kappa shape index (κ2) is 5.70. The molecule has 7 heteroatoms. The standard InChI is InChI=1S/C17H15ClFN3O2/c18-11-4-6-20-16(10(11)9-23)22-8-5-12-14(17(22)24)15(19)13-3-1-2-7-21(12)13/h4,6,9H,1-3,5,7-8H2. The van der Waals surface area contributed by atoms with Crippen LogP contribution in [0.4, 0.5) is 10.2 Å². The molecule has 0 fully saturated rings. The minimum atomic E-state index is -0.450. The third-order valence-electron chi connectivity index (χ3n) is 4.78. The van der Waals surface area contributed by atoms with E-state index in [2.05, 4.69) is 4.98 Å². The normalized spacial score (nSPS) is 16.8. The van der Waals surface area contributed by atoms with E-state index in [4.69, 9.17) is 11.6 Å². The van der Waals surface area contributed by atoms with Crippen molar-refractivity contribution in [2.75, 3.05) is 11.4 Å². The molecule has 1 amide bonds. The highest BCUT2D eigenvalue weighted by Crippen LogP contribution is 2.34. The Balaban J connectivity index is 1.82. The predicted molar refractivity (Wildman–Crippen MR) is 87.3 cm³/mol. The predicted octanol–water partition coefficient (Wildman–Crippen LogP) is 3.03. The van der Waals surface area contributed by atoms with Crippen LogP contribution >= 0.6 is 11.6 Å². The van der Waals surface area contributed by atoms with Crippen molar-refractivity contribution >= 4 is 29.6 Å². The molecule has 0 saturated carbocycles. The van der Waals surface area contributed by atoms with Gasteiger partial charge in [0.15, 0.2) is 12.1 Å². The fourth-order valence-electron chi connectivity index (χ4n) is 3.66. The quantitative estimate of drug-likeness (QED) is 0.785. The molecule has 124 valence electrons. The number of pyridine rings is 1. The number of aromatic nitrogens is 2. The van der Waals surface area contributed by atoms with Gasteiger partial charge in [-0.1, -0.05) is 11.6 Å². The van der Waals surface area contributed by atoms with E-state index in [1.54, 1.807) is 0 Å². The summed E-state index contributed by atoms with van der Waals surface area (Å²) in [5.74, 6) is -0.681. The molecule has 0 radical (unpaired) electrons. The molecule has 2 aromatic heterocycles. The molecule has 2 aliphatic heterocycles. The van der Waals surface area contributed by atoms with Gasteiger partial charge in [0.1, 0.15) is 5.82 Å². The maximum atomic E-state index is 14.8. The van der Waals surface area contributed by atoms with Crippen molar-refractivity contribution in [1.82, 2.24) is 9.55 Å². The average Bonchev–Trinajstić information content (AvgIpc) is 2.89. The summed E-state index contributed by atoms with van der Waals surface area (Å²) < 4.78 is 16.8. The average molecular weight is 348 g/mol. The number of halogens is 2. The lowest BCUT2D eigenvalue weighted by Gasteiger charge is -2.28. The number of amides is 1. The zero-order valence-corrected chi connectivity index (χ0v) is 13.6. The molecule has 4 rings (SSSR count). The van der Waals surface area contributed by atoms with Gasteiger partial charge in [-0.25, -0.2) is 9.37 Å². The number of carbonyl (C=O) groups excluding carboxylic acids is 2. The van der Waals surface area contributed by atoms with Gasteiger partial charge in [0, 0.05) is 31.4 Å². The lowest BCUT2D eigenvalue weighted by molar-refractivity contribution is 0.0975. The molecule has 0 atom stereocenters. The maximum Gasteiger partial charge on any atom is 0.264 e. The fraction of sp³-hybridized carbons (Fsp3) is 0.353. The van der Waals surface area contributed by atoms with Gasteiger partial charge < -0.3 is 4.57 Å². The highest BCUT2D eigenvalue weighted by atomic mass is 35.5. The summed E-state index contributed by atoms with van der Waals surface area (Å²) in [6.07, 6.45) is 5.13. The Bertz CT molecular complexity index is 862. The number of fused-ring (bicyclic) bond motifs is 3. The summed E-state index contributed by atoms with van der Waals surface area (Å²) in [6, 6.07) is 1.49. The molecule has 0 bridgehead atoms. The van der Waals surface area contributed by atoms with Gasteiger partial charge in [0.25, 0.3) is 5.91 Å². The molecule has 0 unspecified atom stereocenters. The second-order valence-corrected chi connectivity index (χ2v) is 6.45. The van der Waals surface area contributed by atoms with Crippen molar-refractivity contribution in [2.45, 2.75) is 32.2 Å².